The van der Waals surface area contributed by atoms with Crippen LogP contribution in [0.15, 0.2) is 24.8 Å². The molecule has 0 rings (SSSR count). The van der Waals surface area contributed by atoms with Gasteiger partial charge in [0.2, 0.25) is 5.91 Å². The number of allylic oxidation sites excluding steroid dienone is 3. The Morgan fingerprint density at radius 3 is 2.12 bits per heavy atom. The first-order valence-corrected chi connectivity index (χ1v) is 9.17. The van der Waals surface area contributed by atoms with E-state index in [0.717, 1.165) is 32.1 Å². The minimum atomic E-state index is -0.302. The summed E-state index contributed by atoms with van der Waals surface area (Å²) in [4.78, 5) is 22.3. The van der Waals surface area contributed by atoms with Crippen molar-refractivity contribution in [3.05, 3.63) is 24.8 Å². The molecule has 0 radical (unpaired) electrons. The molecule has 1 N–H and O–H groups in total. The third kappa shape index (κ3) is 14.0. The maximum atomic E-state index is 11.2. The predicted molar refractivity (Wildman–Crippen MR) is 99.7 cm³/mol. The molecule has 0 aliphatic carbocycles. The van der Waals surface area contributed by atoms with Gasteiger partial charge in [0.1, 0.15) is 6.10 Å². The molecule has 0 heterocycles. The Bertz CT molecular complexity index is 390. The van der Waals surface area contributed by atoms with E-state index >= 15 is 0 Å². The minimum absolute atomic E-state index is 0.104. The van der Waals surface area contributed by atoms with Gasteiger partial charge >= 0.3 is 5.97 Å². The number of hydrogen-bond donors (Lipinski definition) is 1. The molecule has 0 saturated carbocycles. The van der Waals surface area contributed by atoms with Crippen LogP contribution in [0.3, 0.4) is 0 Å². The van der Waals surface area contributed by atoms with Crippen molar-refractivity contribution in [2.45, 2.75) is 90.7 Å². The van der Waals surface area contributed by atoms with Crippen LogP contribution in [0.4, 0.5) is 0 Å². The topological polar surface area (TPSA) is 55.4 Å². The fourth-order valence-corrected chi connectivity index (χ4v) is 2.61. The van der Waals surface area contributed by atoms with Crippen molar-refractivity contribution in [3.63, 3.8) is 0 Å². The first-order valence-electron chi connectivity index (χ1n) is 9.17. The summed E-state index contributed by atoms with van der Waals surface area (Å²) in [6.45, 7) is 8.48. The van der Waals surface area contributed by atoms with Gasteiger partial charge in [-0.2, -0.15) is 0 Å². The first kappa shape index (κ1) is 22.4. The van der Waals surface area contributed by atoms with Crippen LogP contribution in [0.2, 0.25) is 0 Å². The molecule has 24 heavy (non-hydrogen) atoms. The van der Waals surface area contributed by atoms with Crippen molar-refractivity contribution in [2.75, 3.05) is 0 Å². The quantitative estimate of drug-likeness (QED) is 0.284. The molecular formula is C20H35NO3. The summed E-state index contributed by atoms with van der Waals surface area (Å²) in [5, 5.41) is 2.80. The van der Waals surface area contributed by atoms with Gasteiger partial charge in [-0.1, -0.05) is 31.1 Å². The Balaban J connectivity index is 3.85. The van der Waals surface area contributed by atoms with Gasteiger partial charge in [-0.15, -0.1) is 6.58 Å². The molecule has 0 aliphatic rings. The smallest absolute Gasteiger partial charge is 0.302 e. The number of esters is 1. The number of ether oxygens (including phenoxy) is 1. The van der Waals surface area contributed by atoms with E-state index in [1.54, 1.807) is 0 Å². The van der Waals surface area contributed by atoms with Crippen molar-refractivity contribution in [2.24, 2.45) is 0 Å². The van der Waals surface area contributed by atoms with E-state index in [9.17, 15) is 9.59 Å². The standard InChI is InChI=1S/C20H35NO3/c1-5-6-7-8-9-10-11-12-13-14-15-16-20(24-19(4)23)17(2)21-18(3)22/h5,12-13,17,20H,1,6-11,14-16H2,2-4H3,(H,21,22). The van der Waals surface area contributed by atoms with Gasteiger partial charge in [-0.3, -0.25) is 9.59 Å². The molecule has 2 atom stereocenters. The molecule has 0 aromatic rings. The van der Waals surface area contributed by atoms with E-state index in [0.29, 0.717) is 0 Å². The van der Waals surface area contributed by atoms with Crippen molar-refractivity contribution in [3.8, 4) is 0 Å². The number of rotatable bonds is 14. The highest BCUT2D eigenvalue weighted by Crippen LogP contribution is 2.11. The molecular weight excluding hydrogens is 302 g/mol. The predicted octanol–water partition coefficient (Wildman–Crippen LogP) is 4.70. The third-order valence-electron chi connectivity index (χ3n) is 3.86. The molecule has 0 bridgehead atoms. The van der Waals surface area contributed by atoms with Crippen molar-refractivity contribution in [1.82, 2.24) is 5.32 Å². The summed E-state index contributed by atoms with van der Waals surface area (Å²) in [7, 11) is 0. The number of amides is 1. The lowest BCUT2D eigenvalue weighted by molar-refractivity contribution is -0.148. The Morgan fingerprint density at radius 1 is 1.00 bits per heavy atom. The molecule has 1 amide bonds. The summed E-state index contributed by atoms with van der Waals surface area (Å²) < 4.78 is 5.32. The molecule has 0 aromatic heterocycles. The molecule has 0 spiro atoms. The van der Waals surface area contributed by atoms with E-state index in [2.05, 4.69) is 24.0 Å². The van der Waals surface area contributed by atoms with Crippen LogP contribution >= 0.6 is 0 Å². The summed E-state index contributed by atoms with van der Waals surface area (Å²) in [5.41, 5.74) is 0. The van der Waals surface area contributed by atoms with Crippen LogP contribution in [0.5, 0.6) is 0 Å². The Kier molecular flexibility index (Phi) is 14.0. The van der Waals surface area contributed by atoms with E-state index in [1.165, 1.54) is 39.5 Å². The van der Waals surface area contributed by atoms with E-state index in [4.69, 9.17) is 4.74 Å². The fourth-order valence-electron chi connectivity index (χ4n) is 2.61. The lowest BCUT2D eigenvalue weighted by Gasteiger charge is -2.24. The highest BCUT2D eigenvalue weighted by atomic mass is 16.5. The van der Waals surface area contributed by atoms with Gasteiger partial charge in [0, 0.05) is 13.8 Å². The van der Waals surface area contributed by atoms with Crippen LogP contribution in [0.25, 0.3) is 0 Å². The van der Waals surface area contributed by atoms with Crippen LogP contribution in [-0.4, -0.2) is 24.0 Å². The summed E-state index contributed by atoms with van der Waals surface area (Å²) >= 11 is 0. The van der Waals surface area contributed by atoms with Crippen LogP contribution in [0.1, 0.15) is 78.6 Å². The fraction of sp³-hybridized carbons (Fsp3) is 0.700. The van der Waals surface area contributed by atoms with Gasteiger partial charge in [-0.05, 0) is 51.9 Å². The normalized spacial score (nSPS) is 13.5. The van der Waals surface area contributed by atoms with Gasteiger partial charge in [0.05, 0.1) is 6.04 Å². The molecule has 0 aliphatic heterocycles. The summed E-state index contributed by atoms with van der Waals surface area (Å²) in [6.07, 6.45) is 16.1. The molecule has 0 aromatic carbocycles. The largest absolute Gasteiger partial charge is 0.460 e. The van der Waals surface area contributed by atoms with Crippen molar-refractivity contribution in [1.29, 1.82) is 0 Å². The molecule has 0 saturated heterocycles. The Labute approximate surface area is 147 Å². The molecule has 0 fully saturated rings. The lowest BCUT2D eigenvalue weighted by atomic mass is 10.0. The number of carbonyl (C=O) groups excluding carboxylic acids is 2. The highest BCUT2D eigenvalue weighted by Gasteiger charge is 2.20. The molecule has 138 valence electrons. The second-order valence-corrected chi connectivity index (χ2v) is 6.32. The highest BCUT2D eigenvalue weighted by molar-refractivity contribution is 5.73. The average molecular weight is 338 g/mol. The Morgan fingerprint density at radius 2 is 1.58 bits per heavy atom. The number of nitrogens with one attached hydrogen (secondary N) is 1. The molecule has 4 nitrogen and oxygen atoms in total. The Hall–Kier alpha value is -1.58. The van der Waals surface area contributed by atoms with Gasteiger partial charge in [-0.25, -0.2) is 0 Å². The van der Waals surface area contributed by atoms with E-state index < -0.39 is 0 Å². The van der Waals surface area contributed by atoms with Crippen LogP contribution in [-0.2, 0) is 14.3 Å². The van der Waals surface area contributed by atoms with E-state index in [1.807, 2.05) is 13.0 Å². The van der Waals surface area contributed by atoms with E-state index in [-0.39, 0.29) is 24.0 Å². The third-order valence-corrected chi connectivity index (χ3v) is 3.86. The summed E-state index contributed by atoms with van der Waals surface area (Å²) in [6, 6.07) is -0.161. The average Bonchev–Trinajstić information content (AvgIpc) is 2.50. The SMILES string of the molecule is C=CCCCCCCC=CCCCC(OC(C)=O)C(C)NC(C)=O. The van der Waals surface area contributed by atoms with Crippen LogP contribution < -0.4 is 5.32 Å². The zero-order chi connectivity index (χ0) is 18.2. The number of unbranched alkanes of at least 4 members (excludes halogenated alkanes) is 6. The minimum Gasteiger partial charge on any atom is -0.460 e. The van der Waals surface area contributed by atoms with Crippen molar-refractivity contribution >= 4 is 11.9 Å². The first-order chi connectivity index (χ1) is 11.5. The zero-order valence-corrected chi connectivity index (χ0v) is 15.7. The number of hydrogen-bond acceptors (Lipinski definition) is 3. The van der Waals surface area contributed by atoms with Gasteiger partial charge in [0.25, 0.3) is 0 Å². The maximum Gasteiger partial charge on any atom is 0.302 e. The second-order valence-electron chi connectivity index (χ2n) is 6.32. The maximum absolute atomic E-state index is 11.2. The second kappa shape index (κ2) is 15.0. The zero-order valence-electron chi connectivity index (χ0n) is 15.7. The lowest BCUT2D eigenvalue weighted by Crippen LogP contribution is -2.42. The van der Waals surface area contributed by atoms with Crippen LogP contribution in [0, 0.1) is 0 Å². The molecule has 2 unspecified atom stereocenters. The summed E-state index contributed by atoms with van der Waals surface area (Å²) in [5.74, 6) is -0.406. The van der Waals surface area contributed by atoms with Crippen molar-refractivity contribution < 1.29 is 14.3 Å². The van der Waals surface area contributed by atoms with Gasteiger partial charge in [0.15, 0.2) is 0 Å². The number of carbonyl (C=O) groups is 2. The monoisotopic (exact) mass is 337 g/mol. The van der Waals surface area contributed by atoms with Gasteiger partial charge < -0.3 is 10.1 Å². The molecule has 4 heteroatoms.